The smallest absolute Gasteiger partial charge is 0.0336 e. The van der Waals surface area contributed by atoms with Gasteiger partial charge in [-0.2, -0.15) is 3.64 Å². The molecule has 0 aliphatic carbocycles. The number of hydrogen-bond donors (Lipinski definition) is 1. The van der Waals surface area contributed by atoms with Gasteiger partial charge >= 0.3 is 0 Å². The van der Waals surface area contributed by atoms with E-state index in [9.17, 15) is 0 Å². The van der Waals surface area contributed by atoms with Gasteiger partial charge in [0.15, 0.2) is 0 Å². The topological polar surface area (TPSA) is 18.5 Å². The molecule has 1 heterocycles. The molecule has 3 nitrogen and oxygen atoms in total. The summed E-state index contributed by atoms with van der Waals surface area (Å²) in [6.07, 6.45) is 0. The van der Waals surface area contributed by atoms with Crippen molar-refractivity contribution in [3.05, 3.63) is 0 Å². The predicted octanol–water partition coefficient (Wildman–Crippen LogP) is 0.478. The van der Waals surface area contributed by atoms with Crippen molar-refractivity contribution in [2.75, 3.05) is 32.7 Å². The average molecular weight is 255 g/mol. The minimum Gasteiger partial charge on any atom is -0.301 e. The molecule has 1 fully saturated rings. The fourth-order valence-corrected chi connectivity index (χ4v) is 1.63. The molecule has 1 aliphatic rings. The molecule has 1 rings (SSSR count). The Morgan fingerprint density at radius 3 is 2.30 bits per heavy atom. The first-order valence-corrected chi connectivity index (χ1v) is 4.78. The molecule has 60 valence electrons. The summed E-state index contributed by atoms with van der Waals surface area (Å²) in [5.74, 6) is 0. The highest BCUT2D eigenvalue weighted by molar-refractivity contribution is 14.1. The summed E-state index contributed by atoms with van der Waals surface area (Å²) in [6.45, 7) is 8.11. The first kappa shape index (κ1) is 8.70. The minimum absolute atomic E-state index is 1.15. The van der Waals surface area contributed by atoms with Gasteiger partial charge < -0.3 is 4.90 Å². The molecule has 0 spiro atoms. The highest BCUT2D eigenvalue weighted by atomic mass is 127. The zero-order chi connectivity index (χ0) is 7.40. The monoisotopic (exact) mass is 255 g/mol. The number of nitrogens with one attached hydrogen (secondary N) is 1. The third-order valence-corrected chi connectivity index (χ3v) is 2.62. The van der Waals surface area contributed by atoms with E-state index < -0.39 is 0 Å². The van der Waals surface area contributed by atoms with Crippen LogP contribution in [-0.2, 0) is 0 Å². The van der Waals surface area contributed by atoms with Crippen molar-refractivity contribution < 1.29 is 0 Å². The molecule has 10 heavy (non-hydrogen) atoms. The van der Waals surface area contributed by atoms with E-state index in [4.69, 9.17) is 0 Å². The number of rotatable bonds is 2. The average Bonchev–Trinajstić information content (AvgIpc) is 2.05. The van der Waals surface area contributed by atoms with Crippen molar-refractivity contribution in [1.82, 2.24) is 13.5 Å². The lowest BCUT2D eigenvalue weighted by Gasteiger charge is -2.32. The van der Waals surface area contributed by atoms with Crippen molar-refractivity contribution in [2.24, 2.45) is 0 Å². The van der Waals surface area contributed by atoms with E-state index in [-0.39, 0.29) is 0 Å². The minimum atomic E-state index is 1.15. The van der Waals surface area contributed by atoms with Crippen LogP contribution < -0.4 is 3.64 Å². The van der Waals surface area contributed by atoms with E-state index in [1.807, 2.05) is 0 Å². The Labute approximate surface area is 76.2 Å². The molecule has 0 radical (unpaired) electrons. The normalized spacial score (nSPS) is 23.4. The molecule has 0 saturated carbocycles. The van der Waals surface area contributed by atoms with Gasteiger partial charge in [0.05, 0.1) is 0 Å². The van der Waals surface area contributed by atoms with Crippen LogP contribution in [0.4, 0.5) is 0 Å². The summed E-state index contributed by atoms with van der Waals surface area (Å²) in [5, 5.41) is 2.24. The first-order chi connectivity index (χ1) is 4.86. The quantitative estimate of drug-likeness (QED) is 0.572. The maximum Gasteiger partial charge on any atom is 0.0336 e. The summed E-state index contributed by atoms with van der Waals surface area (Å²) in [7, 11) is 0. The number of nitrogens with zero attached hydrogens (tertiary/aromatic N) is 2. The molecule has 1 aliphatic heterocycles. The van der Waals surface area contributed by atoms with E-state index in [0.717, 1.165) is 13.1 Å². The summed E-state index contributed by atoms with van der Waals surface area (Å²) in [5.41, 5.74) is 0. The van der Waals surface area contributed by atoms with Gasteiger partial charge in [-0.15, -0.1) is 0 Å². The zero-order valence-corrected chi connectivity index (χ0v) is 8.47. The van der Waals surface area contributed by atoms with E-state index in [1.165, 1.54) is 19.6 Å². The molecule has 0 bridgehead atoms. The maximum absolute atomic E-state index is 3.13. The summed E-state index contributed by atoms with van der Waals surface area (Å²) in [4.78, 5) is 2.46. The lowest BCUT2D eigenvalue weighted by molar-refractivity contribution is 0.129. The second-order valence-corrected chi connectivity index (χ2v) is 2.99. The second-order valence-electron chi connectivity index (χ2n) is 2.51. The van der Waals surface area contributed by atoms with Crippen molar-refractivity contribution in [2.45, 2.75) is 6.92 Å². The van der Waals surface area contributed by atoms with Crippen LogP contribution in [0.15, 0.2) is 0 Å². The summed E-state index contributed by atoms with van der Waals surface area (Å²) >= 11 is 2.18. The van der Waals surface area contributed by atoms with E-state index in [1.54, 1.807) is 0 Å². The maximum atomic E-state index is 3.13. The Kier molecular flexibility index (Phi) is 3.90. The van der Waals surface area contributed by atoms with Crippen LogP contribution in [0.2, 0.25) is 0 Å². The molecule has 0 aromatic heterocycles. The Balaban J connectivity index is 2.17. The van der Waals surface area contributed by atoms with Crippen LogP contribution in [0.1, 0.15) is 6.92 Å². The lowest BCUT2D eigenvalue weighted by atomic mass is 10.3. The third-order valence-electron chi connectivity index (χ3n) is 1.94. The lowest BCUT2D eigenvalue weighted by Crippen LogP contribution is -2.48. The molecule has 0 aromatic carbocycles. The molecule has 0 unspecified atom stereocenters. The Bertz CT molecular complexity index is 79.0. The van der Waals surface area contributed by atoms with Crippen molar-refractivity contribution >= 4 is 22.9 Å². The molecule has 1 N–H and O–H groups in total. The van der Waals surface area contributed by atoms with Crippen LogP contribution in [0, 0.1) is 0 Å². The van der Waals surface area contributed by atoms with Crippen molar-refractivity contribution in [3.63, 3.8) is 0 Å². The van der Waals surface area contributed by atoms with Crippen LogP contribution in [0.25, 0.3) is 0 Å². The molecule has 0 atom stereocenters. The van der Waals surface area contributed by atoms with Gasteiger partial charge in [0, 0.05) is 49.0 Å². The molecule has 0 amide bonds. The van der Waals surface area contributed by atoms with Crippen molar-refractivity contribution in [3.8, 4) is 0 Å². The first-order valence-electron chi connectivity index (χ1n) is 3.70. The van der Waals surface area contributed by atoms with Gasteiger partial charge in [0.25, 0.3) is 0 Å². The Hall–Kier alpha value is 0.610. The van der Waals surface area contributed by atoms with Crippen LogP contribution in [0.3, 0.4) is 0 Å². The van der Waals surface area contributed by atoms with Gasteiger partial charge in [0.2, 0.25) is 0 Å². The number of piperazine rings is 1. The molecular formula is C6H14IN3. The Morgan fingerprint density at radius 1 is 1.30 bits per heavy atom. The van der Waals surface area contributed by atoms with Gasteiger partial charge in [-0.25, -0.2) is 5.01 Å². The fraction of sp³-hybridized carbons (Fsp3) is 1.00. The highest BCUT2D eigenvalue weighted by Gasteiger charge is 2.13. The number of halogens is 1. The zero-order valence-electron chi connectivity index (χ0n) is 6.31. The predicted molar refractivity (Wildman–Crippen MR) is 50.8 cm³/mol. The van der Waals surface area contributed by atoms with E-state index in [2.05, 4.69) is 43.3 Å². The van der Waals surface area contributed by atoms with E-state index >= 15 is 0 Å². The molecule has 1 saturated heterocycles. The van der Waals surface area contributed by atoms with Crippen LogP contribution >= 0.6 is 22.9 Å². The largest absolute Gasteiger partial charge is 0.301 e. The fourth-order valence-electron chi connectivity index (χ4n) is 1.15. The third kappa shape index (κ3) is 2.34. The number of likely N-dealkylation sites (N-methyl/N-ethyl adjacent to an activating group) is 1. The molecular weight excluding hydrogens is 241 g/mol. The van der Waals surface area contributed by atoms with Gasteiger partial charge in [-0.05, 0) is 6.54 Å². The Morgan fingerprint density at radius 2 is 1.90 bits per heavy atom. The standard InChI is InChI=1S/C6H14IN3/c1-2-9-3-5-10(8-7)6-4-9/h8H,2-6H2,1H3. The van der Waals surface area contributed by atoms with Crippen LogP contribution in [-0.4, -0.2) is 42.6 Å². The SMILES string of the molecule is CCN1CCN(NI)CC1. The van der Waals surface area contributed by atoms with E-state index in [0.29, 0.717) is 0 Å². The van der Waals surface area contributed by atoms with Gasteiger partial charge in [-0.3, -0.25) is 0 Å². The second kappa shape index (κ2) is 4.48. The summed E-state index contributed by atoms with van der Waals surface area (Å²) in [6, 6.07) is 0. The van der Waals surface area contributed by atoms with Crippen LogP contribution in [0.5, 0.6) is 0 Å². The van der Waals surface area contributed by atoms with Gasteiger partial charge in [0.1, 0.15) is 0 Å². The van der Waals surface area contributed by atoms with Crippen molar-refractivity contribution in [1.29, 1.82) is 0 Å². The molecule has 4 heteroatoms. The summed E-state index contributed by atoms with van der Waals surface area (Å²) < 4.78 is 3.13. The number of hydrogen-bond acceptors (Lipinski definition) is 3. The number of hydrazine groups is 1. The molecule has 0 aromatic rings. The van der Waals surface area contributed by atoms with Gasteiger partial charge in [-0.1, -0.05) is 6.92 Å². The highest BCUT2D eigenvalue weighted by Crippen LogP contribution is 1.98.